The van der Waals surface area contributed by atoms with Gasteiger partial charge >= 0.3 is 5.97 Å². The number of carbonyl (C=O) groups excluding carboxylic acids is 2. The third-order valence-corrected chi connectivity index (χ3v) is 4.48. The molecule has 0 saturated carbocycles. The van der Waals surface area contributed by atoms with Crippen molar-refractivity contribution in [3.63, 3.8) is 0 Å². The molecule has 0 aromatic heterocycles. The molecule has 0 N–H and O–H groups in total. The maximum atomic E-state index is 12.4. The quantitative estimate of drug-likeness (QED) is 0.595. The van der Waals surface area contributed by atoms with E-state index in [1.165, 1.54) is 12.0 Å². The largest absolute Gasteiger partial charge is 0.495 e. The van der Waals surface area contributed by atoms with Crippen LogP contribution in [-0.4, -0.2) is 25.5 Å². The van der Waals surface area contributed by atoms with Gasteiger partial charge in [-0.15, -0.1) is 0 Å². The van der Waals surface area contributed by atoms with Gasteiger partial charge in [-0.05, 0) is 30.3 Å². The molecule has 0 spiro atoms. The Bertz CT molecular complexity index is 824. The molecule has 1 heterocycles. The summed E-state index contributed by atoms with van der Waals surface area (Å²) >= 11 is 12.0. The topological polar surface area (TPSA) is 55.8 Å². The van der Waals surface area contributed by atoms with Gasteiger partial charge in [-0.2, -0.15) is 0 Å². The highest BCUT2D eigenvalue weighted by atomic mass is 35.5. The third-order valence-electron chi connectivity index (χ3n) is 3.94. The molecular formula is C18H15Cl2NO4. The number of ether oxygens (including phenoxy) is 2. The van der Waals surface area contributed by atoms with Gasteiger partial charge in [0.2, 0.25) is 5.91 Å². The van der Waals surface area contributed by atoms with Gasteiger partial charge in [-0.3, -0.25) is 9.59 Å². The van der Waals surface area contributed by atoms with Crippen LogP contribution in [0.4, 0.5) is 5.69 Å². The zero-order valence-corrected chi connectivity index (χ0v) is 14.9. The molecular weight excluding hydrogens is 365 g/mol. The molecule has 3 rings (SSSR count). The average molecular weight is 380 g/mol. The summed E-state index contributed by atoms with van der Waals surface area (Å²) in [6.45, 7) is 0.193. The van der Waals surface area contributed by atoms with Crippen molar-refractivity contribution in [3.05, 3.63) is 52.5 Å². The Kier molecular flexibility index (Phi) is 5.16. The average Bonchev–Trinajstić information content (AvgIpc) is 2.98. The Morgan fingerprint density at radius 3 is 2.64 bits per heavy atom. The van der Waals surface area contributed by atoms with E-state index in [2.05, 4.69) is 0 Å². The molecule has 1 saturated heterocycles. The van der Waals surface area contributed by atoms with Crippen LogP contribution < -0.4 is 14.4 Å². The van der Waals surface area contributed by atoms with Crippen molar-refractivity contribution in [3.8, 4) is 11.5 Å². The molecule has 0 bridgehead atoms. The zero-order valence-electron chi connectivity index (χ0n) is 13.4. The van der Waals surface area contributed by atoms with Crippen molar-refractivity contribution in [1.82, 2.24) is 0 Å². The number of methoxy groups -OCH3 is 1. The van der Waals surface area contributed by atoms with E-state index in [4.69, 9.17) is 32.7 Å². The monoisotopic (exact) mass is 379 g/mol. The Balaban J connectivity index is 1.78. The highest BCUT2D eigenvalue weighted by Crippen LogP contribution is 2.35. The van der Waals surface area contributed by atoms with E-state index in [0.29, 0.717) is 21.5 Å². The fourth-order valence-corrected chi connectivity index (χ4v) is 3.03. The fourth-order valence-electron chi connectivity index (χ4n) is 2.69. The first-order valence-corrected chi connectivity index (χ1v) is 8.35. The SMILES string of the molecule is COc1ccc(Cl)cc1N1C[C@@H](C(=O)Oc2ccccc2Cl)CC1=O. The summed E-state index contributed by atoms with van der Waals surface area (Å²) in [4.78, 5) is 26.3. The van der Waals surface area contributed by atoms with E-state index < -0.39 is 11.9 Å². The number of anilines is 1. The number of carbonyl (C=O) groups is 2. The summed E-state index contributed by atoms with van der Waals surface area (Å²) in [5.74, 6) is -0.489. The number of halogens is 2. The predicted octanol–water partition coefficient (Wildman–Crippen LogP) is 3.96. The molecule has 1 fully saturated rings. The third kappa shape index (κ3) is 3.72. The Labute approximate surface area is 155 Å². The number of benzene rings is 2. The van der Waals surface area contributed by atoms with Crippen molar-refractivity contribution < 1.29 is 19.1 Å². The molecule has 2 aromatic rings. The first kappa shape index (κ1) is 17.6. The van der Waals surface area contributed by atoms with Gasteiger partial charge in [0.1, 0.15) is 11.5 Å². The van der Waals surface area contributed by atoms with Gasteiger partial charge in [0.25, 0.3) is 0 Å². The molecule has 1 amide bonds. The van der Waals surface area contributed by atoms with Crippen LogP contribution >= 0.6 is 23.2 Å². The molecule has 0 radical (unpaired) electrons. The second-order valence-electron chi connectivity index (χ2n) is 5.57. The Morgan fingerprint density at radius 2 is 1.92 bits per heavy atom. The van der Waals surface area contributed by atoms with Crippen molar-refractivity contribution in [2.24, 2.45) is 5.92 Å². The summed E-state index contributed by atoms with van der Waals surface area (Å²) in [6, 6.07) is 11.7. The summed E-state index contributed by atoms with van der Waals surface area (Å²) < 4.78 is 10.6. The number of rotatable bonds is 4. The number of amides is 1. The molecule has 1 aliphatic heterocycles. The maximum Gasteiger partial charge on any atom is 0.316 e. The van der Waals surface area contributed by atoms with Crippen molar-refractivity contribution in [2.45, 2.75) is 6.42 Å². The van der Waals surface area contributed by atoms with Gasteiger partial charge in [-0.25, -0.2) is 0 Å². The lowest BCUT2D eigenvalue weighted by molar-refractivity contribution is -0.139. The lowest BCUT2D eigenvalue weighted by atomic mass is 10.1. The van der Waals surface area contributed by atoms with Gasteiger partial charge < -0.3 is 14.4 Å². The smallest absolute Gasteiger partial charge is 0.316 e. The van der Waals surface area contributed by atoms with E-state index in [1.807, 2.05) is 0 Å². The van der Waals surface area contributed by atoms with Crippen LogP contribution in [0.15, 0.2) is 42.5 Å². The zero-order chi connectivity index (χ0) is 18.0. The molecule has 2 aromatic carbocycles. The highest BCUT2D eigenvalue weighted by molar-refractivity contribution is 6.32. The van der Waals surface area contributed by atoms with E-state index in [0.717, 1.165) is 0 Å². The minimum Gasteiger partial charge on any atom is -0.495 e. The molecule has 1 aliphatic rings. The molecule has 7 heteroatoms. The van der Waals surface area contributed by atoms with Crippen LogP contribution in [0.1, 0.15) is 6.42 Å². The molecule has 0 unspecified atom stereocenters. The lowest BCUT2D eigenvalue weighted by Crippen LogP contribution is -2.27. The lowest BCUT2D eigenvalue weighted by Gasteiger charge is -2.19. The standard InChI is InChI=1S/C18H15Cl2NO4/c1-24-16-7-6-12(19)9-14(16)21-10-11(8-17(21)22)18(23)25-15-5-3-2-4-13(15)20/h2-7,9,11H,8,10H2,1H3/t11-/m0/s1. The molecule has 0 aliphatic carbocycles. The van der Waals surface area contributed by atoms with Crippen LogP contribution in [-0.2, 0) is 9.59 Å². The Morgan fingerprint density at radius 1 is 1.16 bits per heavy atom. The molecule has 5 nitrogen and oxygen atoms in total. The van der Waals surface area contributed by atoms with Crippen LogP contribution in [0.2, 0.25) is 10.0 Å². The summed E-state index contributed by atoms with van der Waals surface area (Å²) in [5, 5.41) is 0.819. The number of nitrogens with zero attached hydrogens (tertiary/aromatic N) is 1. The van der Waals surface area contributed by atoms with Gasteiger partial charge in [0.15, 0.2) is 0 Å². The van der Waals surface area contributed by atoms with Crippen LogP contribution in [0.5, 0.6) is 11.5 Å². The Hall–Kier alpha value is -2.24. The van der Waals surface area contributed by atoms with Gasteiger partial charge in [0, 0.05) is 18.0 Å². The van der Waals surface area contributed by atoms with Gasteiger partial charge in [-0.1, -0.05) is 35.3 Å². The summed E-state index contributed by atoms with van der Waals surface area (Å²) in [5.41, 5.74) is 0.535. The minimum atomic E-state index is -0.590. The van der Waals surface area contributed by atoms with E-state index in [1.54, 1.807) is 42.5 Å². The molecule has 130 valence electrons. The van der Waals surface area contributed by atoms with Crippen molar-refractivity contribution in [1.29, 1.82) is 0 Å². The molecule has 1 atom stereocenters. The normalized spacial score (nSPS) is 16.8. The number of esters is 1. The van der Waals surface area contributed by atoms with Gasteiger partial charge in [0.05, 0.1) is 23.7 Å². The fraction of sp³-hybridized carbons (Fsp3) is 0.222. The number of hydrogen-bond acceptors (Lipinski definition) is 4. The van der Waals surface area contributed by atoms with E-state index in [9.17, 15) is 9.59 Å². The van der Waals surface area contributed by atoms with Crippen LogP contribution in [0.25, 0.3) is 0 Å². The maximum absolute atomic E-state index is 12.4. The van der Waals surface area contributed by atoms with Crippen molar-refractivity contribution >= 4 is 40.8 Å². The number of para-hydroxylation sites is 1. The summed E-state index contributed by atoms with van der Waals surface area (Å²) in [6.07, 6.45) is 0.0545. The number of hydrogen-bond donors (Lipinski definition) is 0. The van der Waals surface area contributed by atoms with E-state index >= 15 is 0 Å². The van der Waals surface area contributed by atoms with Crippen LogP contribution in [0, 0.1) is 5.92 Å². The van der Waals surface area contributed by atoms with Crippen molar-refractivity contribution in [2.75, 3.05) is 18.6 Å². The highest BCUT2D eigenvalue weighted by Gasteiger charge is 2.37. The van der Waals surface area contributed by atoms with Crippen LogP contribution in [0.3, 0.4) is 0 Å². The van der Waals surface area contributed by atoms with E-state index in [-0.39, 0.29) is 24.6 Å². The summed E-state index contributed by atoms with van der Waals surface area (Å²) in [7, 11) is 1.51. The first-order valence-electron chi connectivity index (χ1n) is 7.59. The second-order valence-corrected chi connectivity index (χ2v) is 6.42. The minimum absolute atomic E-state index is 0.0545. The second kappa shape index (κ2) is 7.33. The molecule has 25 heavy (non-hydrogen) atoms. The first-order chi connectivity index (χ1) is 12.0. The predicted molar refractivity (Wildman–Crippen MR) is 95.6 cm³/mol.